The summed E-state index contributed by atoms with van der Waals surface area (Å²) in [6, 6.07) is 8.43. The Labute approximate surface area is 457 Å². The van der Waals surface area contributed by atoms with E-state index >= 15 is 0 Å². The van der Waals surface area contributed by atoms with E-state index in [9.17, 15) is 27.6 Å². The number of likely N-dealkylation sites (N-methyl/N-ethyl adjacent to an activating group) is 1. The van der Waals surface area contributed by atoms with Crippen molar-refractivity contribution in [3.05, 3.63) is 83.2 Å². The topological polar surface area (TPSA) is 262 Å². The monoisotopic (exact) mass is 1090 g/mol. The van der Waals surface area contributed by atoms with Gasteiger partial charge in [0.05, 0.1) is 41.3 Å². The number of fused-ring (bicyclic) bond motifs is 2. The van der Waals surface area contributed by atoms with Gasteiger partial charge in [0.15, 0.2) is 15.7 Å². The van der Waals surface area contributed by atoms with Gasteiger partial charge in [0.2, 0.25) is 17.7 Å². The van der Waals surface area contributed by atoms with Crippen LogP contribution >= 0.6 is 0 Å². The molecule has 22 heteroatoms. The minimum Gasteiger partial charge on any atom is -0.492 e. The molecule has 5 aromatic rings. The molecule has 21 nitrogen and oxygen atoms in total. The first-order chi connectivity index (χ1) is 37.4. The van der Waals surface area contributed by atoms with E-state index in [0.29, 0.717) is 47.9 Å². The summed E-state index contributed by atoms with van der Waals surface area (Å²) in [5.74, 6) is 0.493. The van der Waals surface area contributed by atoms with Crippen LogP contribution in [0.15, 0.2) is 60.0 Å². The van der Waals surface area contributed by atoms with Crippen molar-refractivity contribution >= 4 is 61.8 Å². The minimum absolute atomic E-state index is 0.0709. The third-order valence-electron chi connectivity index (χ3n) is 16.1. The van der Waals surface area contributed by atoms with Gasteiger partial charge < -0.3 is 41.1 Å². The highest BCUT2D eigenvalue weighted by Crippen LogP contribution is 2.38. The number of aromatic nitrogens is 6. The van der Waals surface area contributed by atoms with Gasteiger partial charge in [-0.2, -0.15) is 5.10 Å². The summed E-state index contributed by atoms with van der Waals surface area (Å²) in [6.45, 7) is 14.5. The Kier molecular flexibility index (Phi) is 17.3. The van der Waals surface area contributed by atoms with E-state index in [0.717, 1.165) is 87.8 Å². The number of ether oxygens (including phenoxy) is 1. The molecule has 418 valence electrons. The van der Waals surface area contributed by atoms with Crippen molar-refractivity contribution in [2.45, 2.75) is 146 Å². The number of aryl methyl sites for hydroxylation is 2. The Balaban J connectivity index is 0.809. The Morgan fingerprint density at radius 1 is 0.897 bits per heavy atom. The number of piperazine rings is 1. The zero-order valence-electron chi connectivity index (χ0n) is 46.0. The molecule has 1 saturated carbocycles. The number of carbonyl (C=O) groups is 4. The van der Waals surface area contributed by atoms with Crippen molar-refractivity contribution in [1.29, 1.82) is 0 Å². The second-order valence-electron chi connectivity index (χ2n) is 22.4. The van der Waals surface area contributed by atoms with Crippen LogP contribution in [0.1, 0.15) is 124 Å². The van der Waals surface area contributed by atoms with Crippen molar-refractivity contribution < 1.29 is 32.3 Å². The maximum absolute atomic E-state index is 14.8. The van der Waals surface area contributed by atoms with E-state index in [1.807, 2.05) is 26.0 Å². The molecular weight excluding hydrogens is 1010 g/mol. The third kappa shape index (κ3) is 12.4. The number of benzene rings is 2. The van der Waals surface area contributed by atoms with Gasteiger partial charge in [-0.3, -0.25) is 29.2 Å². The molecule has 2 aromatic carbocycles. The third-order valence-corrected chi connectivity index (χ3v) is 18.7. The average Bonchev–Trinajstić information content (AvgIpc) is 4.07. The number of rotatable bonds is 18. The maximum atomic E-state index is 14.8. The molecule has 0 spiro atoms. The number of sulfone groups is 1. The summed E-state index contributed by atoms with van der Waals surface area (Å²) in [5, 5.41) is 23.4. The van der Waals surface area contributed by atoms with Crippen LogP contribution in [0.5, 0.6) is 5.75 Å². The molecule has 5 atom stereocenters. The summed E-state index contributed by atoms with van der Waals surface area (Å²) >= 11 is 0. The Morgan fingerprint density at radius 2 is 1.67 bits per heavy atom. The van der Waals surface area contributed by atoms with Gasteiger partial charge in [-0.05, 0) is 117 Å². The molecule has 5 heterocycles. The summed E-state index contributed by atoms with van der Waals surface area (Å²) in [7, 11) is -2.15. The largest absolute Gasteiger partial charge is 0.492 e. The van der Waals surface area contributed by atoms with E-state index in [1.54, 1.807) is 58.0 Å². The first-order valence-corrected chi connectivity index (χ1v) is 29.1. The highest BCUT2D eigenvalue weighted by atomic mass is 32.2. The number of anilines is 3. The molecule has 0 radical (unpaired) electrons. The molecular formula is C56H76N14O7S. The Morgan fingerprint density at radius 3 is 2.37 bits per heavy atom. The lowest BCUT2D eigenvalue weighted by Crippen LogP contribution is -2.58. The number of carbonyl (C=O) groups excluding carboxylic acids is 4. The summed E-state index contributed by atoms with van der Waals surface area (Å²) in [5.41, 5.74) is 4.75. The van der Waals surface area contributed by atoms with Gasteiger partial charge >= 0.3 is 0 Å². The fraction of sp³-hybridized carbons (Fsp3) is 0.554. The molecule has 2 aliphatic heterocycles. The quantitative estimate of drug-likeness (QED) is 0.0614. The van der Waals surface area contributed by atoms with Crippen LogP contribution in [0.4, 0.5) is 17.5 Å². The summed E-state index contributed by atoms with van der Waals surface area (Å²) < 4.78 is 33.2. The predicted octanol–water partition coefficient (Wildman–Crippen LogP) is 5.23. The van der Waals surface area contributed by atoms with Crippen LogP contribution < -0.4 is 36.2 Å². The number of nitrogens with zero attached hydrogens (tertiary/aromatic N) is 8. The molecule has 6 N–H and O–H groups in total. The lowest BCUT2D eigenvalue weighted by Gasteiger charge is -2.35. The molecule has 0 bridgehead atoms. The molecule has 2 aliphatic carbocycles. The van der Waals surface area contributed by atoms with E-state index in [4.69, 9.17) is 4.74 Å². The molecule has 3 fully saturated rings. The second-order valence-corrected chi connectivity index (χ2v) is 25.0. The molecule has 2 saturated heterocycles. The highest BCUT2D eigenvalue weighted by Gasteiger charge is 2.45. The Bertz CT molecular complexity index is 3080. The standard InChI is InChI=1S/C56H76N14O7S/c1-34-35(2)66-67-50(34)65-51-41-28-47(78(75,76)56(4,5)6)46(29-43(41)60-33-61-51)77-26-14-21-68-22-24-69(25-23-68)48-31-58-44(30-59-48)53(72)62-39-27-45(54(73)63-42-20-13-18-37-15-11-12-19-40(37)42)70(32-39)55(74)49(38-16-9-8-10-17-38)64-52(71)36(3)57-7/h11-12,15,19,28-31,33,36,38-39,42,45,49,57H,8-10,13-14,16-18,20-27,32H2,1-7H3,(H,62,72)(H,63,73)(H,64,71)(H2,60,61,65,66,67)/t36?,39?,42-,45?,49?/m1/s1. The fourth-order valence-corrected chi connectivity index (χ4v) is 12.4. The van der Waals surface area contributed by atoms with Crippen molar-refractivity contribution in [2.24, 2.45) is 5.92 Å². The molecule has 4 amide bonds. The number of likely N-dealkylation sites (tertiary alicyclic amines) is 1. The number of hydrogen-bond acceptors (Lipinski definition) is 16. The van der Waals surface area contributed by atoms with Crippen molar-refractivity contribution in [2.75, 3.05) is 63.1 Å². The van der Waals surface area contributed by atoms with Crippen molar-refractivity contribution in [3.63, 3.8) is 0 Å². The predicted molar refractivity (Wildman–Crippen MR) is 297 cm³/mol. The van der Waals surface area contributed by atoms with Crippen LogP contribution in [0, 0.1) is 19.8 Å². The van der Waals surface area contributed by atoms with Gasteiger partial charge in [0, 0.05) is 68.0 Å². The van der Waals surface area contributed by atoms with Crippen molar-refractivity contribution in [3.8, 4) is 5.75 Å². The van der Waals surface area contributed by atoms with Gasteiger partial charge in [-0.1, -0.05) is 43.5 Å². The van der Waals surface area contributed by atoms with Gasteiger partial charge in [-0.15, -0.1) is 0 Å². The van der Waals surface area contributed by atoms with E-state index < -0.39 is 44.7 Å². The normalized spacial score (nSPS) is 20.2. The fourth-order valence-electron chi connectivity index (χ4n) is 11.1. The zero-order chi connectivity index (χ0) is 55.3. The molecule has 4 unspecified atom stereocenters. The Hall–Kier alpha value is -6.78. The average molecular weight is 1090 g/mol. The van der Waals surface area contributed by atoms with Crippen LogP contribution in [0.25, 0.3) is 10.9 Å². The van der Waals surface area contributed by atoms with E-state index in [-0.39, 0.29) is 65.6 Å². The maximum Gasteiger partial charge on any atom is 0.271 e. The number of amides is 4. The molecule has 3 aromatic heterocycles. The van der Waals surface area contributed by atoms with Crippen LogP contribution in [-0.4, -0.2) is 154 Å². The number of H-pyrrole nitrogens is 1. The number of nitrogens with one attached hydrogen (secondary N) is 6. The number of hydrogen-bond donors (Lipinski definition) is 6. The van der Waals surface area contributed by atoms with Crippen LogP contribution in [0.2, 0.25) is 0 Å². The molecule has 9 rings (SSSR count). The lowest BCUT2D eigenvalue weighted by molar-refractivity contribution is -0.143. The minimum atomic E-state index is -3.85. The van der Waals surface area contributed by atoms with E-state index in [1.165, 1.54) is 18.1 Å². The van der Waals surface area contributed by atoms with Gasteiger partial charge in [0.1, 0.15) is 46.4 Å². The van der Waals surface area contributed by atoms with E-state index in [2.05, 4.69) is 78.6 Å². The first kappa shape index (κ1) is 56.0. The molecule has 4 aliphatic rings. The zero-order valence-corrected chi connectivity index (χ0v) is 46.8. The first-order valence-electron chi connectivity index (χ1n) is 27.6. The van der Waals surface area contributed by atoms with Gasteiger partial charge in [-0.25, -0.2) is 28.4 Å². The summed E-state index contributed by atoms with van der Waals surface area (Å²) in [6.07, 6.45) is 12.5. The van der Waals surface area contributed by atoms with Crippen LogP contribution in [0.3, 0.4) is 0 Å². The molecule has 78 heavy (non-hydrogen) atoms. The summed E-state index contributed by atoms with van der Waals surface area (Å²) in [4.78, 5) is 80.6. The van der Waals surface area contributed by atoms with Crippen molar-refractivity contribution in [1.82, 2.24) is 61.2 Å². The van der Waals surface area contributed by atoms with Gasteiger partial charge in [0.25, 0.3) is 5.91 Å². The smallest absolute Gasteiger partial charge is 0.271 e. The highest BCUT2D eigenvalue weighted by molar-refractivity contribution is 7.92. The SMILES string of the molecule is CNC(C)C(=O)NC(C(=O)N1CC(NC(=O)c2cnc(N3CCN(CCCOc4cc5ncnc(Nc6n[nH]c(C)c6C)c5cc4S(=O)(=O)C(C)(C)C)CC3)cn2)CC1C(=O)N[C@@H]1CCCc2ccccc21)C1CCCCC1. The second kappa shape index (κ2) is 24.1. The van der Waals surface area contributed by atoms with Crippen LogP contribution in [-0.2, 0) is 30.6 Å². The number of aromatic amines is 1. The lowest BCUT2D eigenvalue weighted by atomic mass is 9.83.